The molecule has 86 valence electrons. The lowest BCUT2D eigenvalue weighted by atomic mass is 10.1. The Morgan fingerprint density at radius 2 is 1.81 bits per heavy atom. The number of aryl methyl sites for hydroxylation is 1. The number of carbonyl (C=O) groups is 2. The quantitative estimate of drug-likeness (QED) is 0.331. The van der Waals surface area contributed by atoms with Crippen LogP contribution < -0.4 is 0 Å². The summed E-state index contributed by atoms with van der Waals surface area (Å²) in [4.78, 5) is 22.9. The lowest BCUT2D eigenvalue weighted by Gasteiger charge is -2.03. The fourth-order valence-electron chi connectivity index (χ4n) is 1.20. The molecule has 3 nitrogen and oxygen atoms in total. The molecule has 0 aliphatic carbocycles. The van der Waals surface area contributed by atoms with E-state index in [-0.39, 0.29) is 0 Å². The van der Waals surface area contributed by atoms with Gasteiger partial charge in [0.2, 0.25) is 0 Å². The van der Waals surface area contributed by atoms with Gasteiger partial charge in [0.05, 0.1) is 6.61 Å². The standard InChI is InChI=1S/C13H16O3/c1-3-4-9-16-13(15)12(14)11-7-5-10(2)6-8-11/h5-8H,3-4,9H2,1-2H3. The summed E-state index contributed by atoms with van der Waals surface area (Å²) in [7, 11) is 0. The minimum atomic E-state index is -0.766. The van der Waals surface area contributed by atoms with Crippen LogP contribution in [0.2, 0.25) is 0 Å². The highest BCUT2D eigenvalue weighted by molar-refractivity contribution is 6.40. The first-order chi connectivity index (χ1) is 7.65. The van der Waals surface area contributed by atoms with Crippen LogP contribution in [0.5, 0.6) is 0 Å². The van der Waals surface area contributed by atoms with Crippen LogP contribution in [-0.2, 0) is 9.53 Å². The SMILES string of the molecule is CCCCOC(=O)C(=O)c1ccc(C)cc1. The molecule has 16 heavy (non-hydrogen) atoms. The number of benzene rings is 1. The van der Waals surface area contributed by atoms with Gasteiger partial charge in [0, 0.05) is 5.56 Å². The second-order valence-corrected chi connectivity index (χ2v) is 3.68. The number of Topliss-reactive ketones (excluding diaryl/α,β-unsaturated/α-hetero) is 1. The summed E-state index contributed by atoms with van der Waals surface area (Å²) in [6.45, 7) is 4.23. The molecule has 0 aliphatic heterocycles. The average Bonchev–Trinajstić information content (AvgIpc) is 2.29. The molecule has 0 amide bonds. The van der Waals surface area contributed by atoms with Crippen molar-refractivity contribution in [3.8, 4) is 0 Å². The van der Waals surface area contributed by atoms with Gasteiger partial charge in [0.1, 0.15) is 0 Å². The van der Waals surface area contributed by atoms with Crippen LogP contribution in [0.1, 0.15) is 35.7 Å². The van der Waals surface area contributed by atoms with Gasteiger partial charge < -0.3 is 4.74 Å². The van der Waals surface area contributed by atoms with E-state index in [4.69, 9.17) is 4.74 Å². The summed E-state index contributed by atoms with van der Waals surface area (Å²) in [5, 5.41) is 0. The molecule has 0 atom stereocenters. The van der Waals surface area contributed by atoms with Crippen molar-refractivity contribution < 1.29 is 14.3 Å². The second kappa shape index (κ2) is 6.05. The van der Waals surface area contributed by atoms with Gasteiger partial charge in [-0.1, -0.05) is 43.2 Å². The third-order valence-corrected chi connectivity index (χ3v) is 2.23. The minimum absolute atomic E-state index is 0.312. The predicted octanol–water partition coefficient (Wildman–Crippen LogP) is 2.52. The van der Waals surface area contributed by atoms with Gasteiger partial charge in [0.25, 0.3) is 5.78 Å². The van der Waals surface area contributed by atoms with Crippen molar-refractivity contribution in [1.82, 2.24) is 0 Å². The maximum Gasteiger partial charge on any atom is 0.379 e. The van der Waals surface area contributed by atoms with Crippen LogP contribution in [0.3, 0.4) is 0 Å². The lowest BCUT2D eigenvalue weighted by Crippen LogP contribution is -2.18. The van der Waals surface area contributed by atoms with Gasteiger partial charge in [0.15, 0.2) is 0 Å². The molecule has 0 fully saturated rings. The Balaban J connectivity index is 2.57. The van der Waals surface area contributed by atoms with Gasteiger partial charge >= 0.3 is 5.97 Å². The maximum atomic E-state index is 11.6. The Morgan fingerprint density at radius 3 is 2.38 bits per heavy atom. The number of esters is 1. The van der Waals surface area contributed by atoms with Gasteiger partial charge in [-0.2, -0.15) is 0 Å². The average molecular weight is 220 g/mol. The Bertz CT molecular complexity index is 365. The predicted molar refractivity (Wildman–Crippen MR) is 61.4 cm³/mol. The fourth-order valence-corrected chi connectivity index (χ4v) is 1.20. The molecule has 3 heteroatoms. The lowest BCUT2D eigenvalue weighted by molar-refractivity contribution is -0.138. The Hall–Kier alpha value is -1.64. The fraction of sp³-hybridized carbons (Fsp3) is 0.385. The van der Waals surface area contributed by atoms with Crippen molar-refractivity contribution in [2.75, 3.05) is 6.61 Å². The second-order valence-electron chi connectivity index (χ2n) is 3.68. The zero-order valence-corrected chi connectivity index (χ0v) is 9.66. The van der Waals surface area contributed by atoms with Crippen LogP contribution in [0.15, 0.2) is 24.3 Å². The maximum absolute atomic E-state index is 11.6. The van der Waals surface area contributed by atoms with E-state index in [0.717, 1.165) is 18.4 Å². The number of unbranched alkanes of at least 4 members (excludes halogenated alkanes) is 1. The topological polar surface area (TPSA) is 43.4 Å². The summed E-state index contributed by atoms with van der Waals surface area (Å²) in [5.74, 6) is -1.34. The minimum Gasteiger partial charge on any atom is -0.460 e. The molecule has 1 aromatic carbocycles. The van der Waals surface area contributed by atoms with Crippen molar-refractivity contribution >= 4 is 11.8 Å². The highest BCUT2D eigenvalue weighted by Crippen LogP contribution is 2.05. The zero-order chi connectivity index (χ0) is 12.0. The van der Waals surface area contributed by atoms with Gasteiger partial charge in [-0.25, -0.2) is 4.79 Å². The molecular weight excluding hydrogens is 204 g/mol. The van der Waals surface area contributed by atoms with E-state index in [2.05, 4.69) is 0 Å². The highest BCUT2D eigenvalue weighted by atomic mass is 16.5. The molecule has 0 heterocycles. The largest absolute Gasteiger partial charge is 0.460 e. The molecule has 0 saturated carbocycles. The van der Waals surface area contributed by atoms with E-state index in [9.17, 15) is 9.59 Å². The summed E-state index contributed by atoms with van der Waals surface area (Å²) in [6, 6.07) is 6.87. The summed E-state index contributed by atoms with van der Waals surface area (Å²) in [6.07, 6.45) is 1.72. The molecule has 0 radical (unpaired) electrons. The highest BCUT2D eigenvalue weighted by Gasteiger charge is 2.16. The number of ketones is 1. The molecule has 0 bridgehead atoms. The van der Waals surface area contributed by atoms with Crippen molar-refractivity contribution in [3.63, 3.8) is 0 Å². The number of hydrogen-bond donors (Lipinski definition) is 0. The molecule has 0 aromatic heterocycles. The molecular formula is C13H16O3. The van der Waals surface area contributed by atoms with Gasteiger partial charge in [-0.15, -0.1) is 0 Å². The Labute approximate surface area is 95.4 Å². The van der Waals surface area contributed by atoms with Crippen molar-refractivity contribution in [1.29, 1.82) is 0 Å². The smallest absolute Gasteiger partial charge is 0.379 e. The van der Waals surface area contributed by atoms with Crippen molar-refractivity contribution in [3.05, 3.63) is 35.4 Å². The molecule has 0 saturated heterocycles. The molecule has 0 aliphatic rings. The molecule has 0 unspecified atom stereocenters. The van der Waals surface area contributed by atoms with Crippen LogP contribution >= 0.6 is 0 Å². The Morgan fingerprint density at radius 1 is 1.19 bits per heavy atom. The van der Waals surface area contributed by atoms with Crippen LogP contribution in [0.4, 0.5) is 0 Å². The third kappa shape index (κ3) is 3.50. The molecule has 1 aromatic rings. The molecule has 0 spiro atoms. The Kier molecular flexibility index (Phi) is 4.70. The summed E-state index contributed by atoms with van der Waals surface area (Å²) in [5.41, 5.74) is 1.43. The van der Waals surface area contributed by atoms with E-state index in [0.29, 0.717) is 12.2 Å². The van der Waals surface area contributed by atoms with E-state index in [1.54, 1.807) is 24.3 Å². The number of rotatable bonds is 5. The first-order valence-corrected chi connectivity index (χ1v) is 5.43. The first-order valence-electron chi connectivity index (χ1n) is 5.43. The van der Waals surface area contributed by atoms with Crippen LogP contribution in [0, 0.1) is 6.92 Å². The number of hydrogen-bond acceptors (Lipinski definition) is 3. The van der Waals surface area contributed by atoms with Crippen LogP contribution in [-0.4, -0.2) is 18.4 Å². The first kappa shape index (κ1) is 12.4. The van der Waals surface area contributed by atoms with Crippen LogP contribution in [0.25, 0.3) is 0 Å². The van der Waals surface area contributed by atoms with Crippen molar-refractivity contribution in [2.24, 2.45) is 0 Å². The third-order valence-electron chi connectivity index (χ3n) is 2.23. The number of carbonyl (C=O) groups excluding carboxylic acids is 2. The molecule has 0 N–H and O–H groups in total. The summed E-state index contributed by atoms with van der Waals surface area (Å²) >= 11 is 0. The van der Waals surface area contributed by atoms with Gasteiger partial charge in [-0.3, -0.25) is 4.79 Å². The monoisotopic (exact) mass is 220 g/mol. The number of ether oxygens (including phenoxy) is 1. The van der Waals surface area contributed by atoms with Crippen molar-refractivity contribution in [2.45, 2.75) is 26.7 Å². The van der Waals surface area contributed by atoms with E-state index >= 15 is 0 Å². The zero-order valence-electron chi connectivity index (χ0n) is 9.66. The van der Waals surface area contributed by atoms with E-state index < -0.39 is 11.8 Å². The van der Waals surface area contributed by atoms with E-state index in [1.807, 2.05) is 13.8 Å². The van der Waals surface area contributed by atoms with Gasteiger partial charge in [-0.05, 0) is 13.3 Å². The molecule has 1 rings (SSSR count). The normalized spacial score (nSPS) is 9.88. The van der Waals surface area contributed by atoms with E-state index in [1.165, 1.54) is 0 Å². The summed E-state index contributed by atoms with van der Waals surface area (Å²) < 4.78 is 4.84.